The van der Waals surface area contributed by atoms with Crippen molar-refractivity contribution in [3.05, 3.63) is 17.3 Å². The average Bonchev–Trinajstić information content (AvgIpc) is 2.98. The maximum absolute atomic E-state index is 12.4. The Bertz CT molecular complexity index is 550. The molecule has 16 heavy (non-hydrogen) atoms. The highest BCUT2D eigenvalue weighted by atomic mass is 35.5. The van der Waals surface area contributed by atoms with Crippen LogP contribution in [0.25, 0.3) is 11.2 Å². The SMILES string of the molecule is FC(F)c1nc(Cl)c2c(ncn2C2CC2)n1. The van der Waals surface area contributed by atoms with Crippen molar-refractivity contribution in [2.45, 2.75) is 25.3 Å². The van der Waals surface area contributed by atoms with Crippen molar-refractivity contribution in [3.63, 3.8) is 0 Å². The van der Waals surface area contributed by atoms with Crippen LogP contribution in [0.1, 0.15) is 31.1 Å². The molecule has 2 aromatic heterocycles. The molecular formula is C9H7ClF2N4. The van der Waals surface area contributed by atoms with Crippen LogP contribution in [-0.2, 0) is 0 Å². The Morgan fingerprint density at radius 2 is 2.12 bits per heavy atom. The summed E-state index contributed by atoms with van der Waals surface area (Å²) in [6.07, 6.45) is 0.961. The van der Waals surface area contributed by atoms with Gasteiger partial charge in [0.05, 0.1) is 6.33 Å². The number of alkyl halides is 2. The fraction of sp³-hybridized carbons (Fsp3) is 0.444. The Morgan fingerprint density at radius 3 is 2.75 bits per heavy atom. The minimum atomic E-state index is -2.73. The van der Waals surface area contributed by atoms with Gasteiger partial charge in [-0.15, -0.1) is 0 Å². The Kier molecular flexibility index (Phi) is 2.07. The van der Waals surface area contributed by atoms with E-state index in [2.05, 4.69) is 15.0 Å². The van der Waals surface area contributed by atoms with E-state index in [-0.39, 0.29) is 10.8 Å². The molecule has 3 rings (SSSR count). The van der Waals surface area contributed by atoms with E-state index >= 15 is 0 Å². The summed E-state index contributed by atoms with van der Waals surface area (Å²) in [4.78, 5) is 11.3. The molecule has 0 bridgehead atoms. The van der Waals surface area contributed by atoms with Gasteiger partial charge >= 0.3 is 0 Å². The summed E-state index contributed by atoms with van der Waals surface area (Å²) in [6.45, 7) is 0. The fourth-order valence-corrected chi connectivity index (χ4v) is 1.91. The molecule has 7 heteroatoms. The van der Waals surface area contributed by atoms with Crippen molar-refractivity contribution < 1.29 is 8.78 Å². The first-order chi connectivity index (χ1) is 7.66. The molecule has 0 aliphatic heterocycles. The van der Waals surface area contributed by atoms with E-state index in [9.17, 15) is 8.78 Å². The number of imidazole rings is 1. The molecule has 0 N–H and O–H groups in total. The summed E-state index contributed by atoms with van der Waals surface area (Å²) in [6, 6.07) is 0.364. The van der Waals surface area contributed by atoms with Crippen LogP contribution in [0.5, 0.6) is 0 Å². The van der Waals surface area contributed by atoms with E-state index < -0.39 is 12.2 Å². The second kappa shape index (κ2) is 3.35. The lowest BCUT2D eigenvalue weighted by Crippen LogP contribution is -1.99. The highest BCUT2D eigenvalue weighted by Crippen LogP contribution is 2.38. The lowest BCUT2D eigenvalue weighted by atomic mass is 10.5. The molecule has 0 saturated heterocycles. The minimum Gasteiger partial charge on any atom is -0.324 e. The van der Waals surface area contributed by atoms with Crippen molar-refractivity contribution in [3.8, 4) is 0 Å². The summed E-state index contributed by atoms with van der Waals surface area (Å²) < 4.78 is 26.7. The Labute approximate surface area is 94.3 Å². The van der Waals surface area contributed by atoms with Gasteiger partial charge in [0.15, 0.2) is 16.6 Å². The monoisotopic (exact) mass is 244 g/mol. The number of halogens is 3. The Morgan fingerprint density at radius 1 is 1.38 bits per heavy atom. The third-order valence-electron chi connectivity index (χ3n) is 2.54. The second-order valence-electron chi connectivity index (χ2n) is 3.73. The van der Waals surface area contributed by atoms with Gasteiger partial charge in [-0.2, -0.15) is 0 Å². The van der Waals surface area contributed by atoms with Crippen LogP contribution < -0.4 is 0 Å². The van der Waals surface area contributed by atoms with Gasteiger partial charge < -0.3 is 4.57 Å². The van der Waals surface area contributed by atoms with E-state index in [1.54, 1.807) is 6.33 Å². The largest absolute Gasteiger partial charge is 0.324 e. The molecule has 1 fully saturated rings. The van der Waals surface area contributed by atoms with Crippen LogP contribution in [0.2, 0.25) is 5.15 Å². The molecule has 1 saturated carbocycles. The molecule has 0 aromatic carbocycles. The second-order valence-corrected chi connectivity index (χ2v) is 4.09. The number of rotatable bonds is 2. The molecule has 0 radical (unpaired) electrons. The van der Waals surface area contributed by atoms with Crippen LogP contribution in [0.15, 0.2) is 6.33 Å². The first-order valence-corrected chi connectivity index (χ1v) is 5.22. The van der Waals surface area contributed by atoms with E-state index in [0.717, 1.165) is 12.8 Å². The molecule has 0 spiro atoms. The number of aromatic nitrogens is 4. The van der Waals surface area contributed by atoms with E-state index in [0.29, 0.717) is 11.6 Å². The highest BCUT2D eigenvalue weighted by Gasteiger charge is 2.27. The van der Waals surface area contributed by atoms with Crippen molar-refractivity contribution >= 4 is 22.8 Å². The normalized spacial score (nSPS) is 16.2. The topological polar surface area (TPSA) is 43.6 Å². The van der Waals surface area contributed by atoms with Crippen LogP contribution in [-0.4, -0.2) is 19.5 Å². The third-order valence-corrected chi connectivity index (χ3v) is 2.80. The molecule has 0 atom stereocenters. The standard InChI is InChI=1S/C9H7ClF2N4/c10-6-5-8(15-9(14-6)7(11)12)13-3-16(5)4-1-2-4/h3-4,7H,1-2H2. The summed E-state index contributed by atoms with van der Waals surface area (Å²) in [7, 11) is 0. The van der Waals surface area contributed by atoms with Gasteiger partial charge in [-0.25, -0.2) is 23.7 Å². The molecule has 0 unspecified atom stereocenters. The highest BCUT2D eigenvalue weighted by molar-refractivity contribution is 6.33. The van der Waals surface area contributed by atoms with Crippen LogP contribution in [0, 0.1) is 0 Å². The van der Waals surface area contributed by atoms with E-state index in [1.165, 1.54) is 0 Å². The van der Waals surface area contributed by atoms with Gasteiger partial charge in [0.25, 0.3) is 6.43 Å². The maximum Gasteiger partial charge on any atom is 0.297 e. The average molecular weight is 245 g/mol. The van der Waals surface area contributed by atoms with Gasteiger partial charge in [-0.3, -0.25) is 0 Å². The van der Waals surface area contributed by atoms with Crippen molar-refractivity contribution in [1.29, 1.82) is 0 Å². The first-order valence-electron chi connectivity index (χ1n) is 4.85. The number of nitrogens with zero attached hydrogens (tertiary/aromatic N) is 4. The molecule has 2 aromatic rings. The summed E-state index contributed by atoms with van der Waals surface area (Å²) in [5.74, 6) is -0.571. The van der Waals surface area contributed by atoms with Crippen molar-refractivity contribution in [2.75, 3.05) is 0 Å². The van der Waals surface area contributed by atoms with Gasteiger partial charge in [-0.1, -0.05) is 11.6 Å². The predicted molar refractivity (Wildman–Crippen MR) is 53.6 cm³/mol. The summed E-state index contributed by atoms with van der Waals surface area (Å²) >= 11 is 5.88. The predicted octanol–water partition coefficient (Wildman–Crippen LogP) is 2.75. The maximum atomic E-state index is 12.4. The Balaban J connectivity index is 2.22. The zero-order valence-corrected chi connectivity index (χ0v) is 8.82. The first kappa shape index (κ1) is 9.89. The van der Waals surface area contributed by atoms with Gasteiger partial charge in [0.2, 0.25) is 0 Å². The molecule has 0 amide bonds. The van der Waals surface area contributed by atoms with Crippen LogP contribution >= 0.6 is 11.6 Å². The van der Waals surface area contributed by atoms with Crippen molar-refractivity contribution in [1.82, 2.24) is 19.5 Å². The zero-order chi connectivity index (χ0) is 11.3. The number of hydrogen-bond donors (Lipinski definition) is 0. The van der Waals surface area contributed by atoms with Crippen LogP contribution in [0.4, 0.5) is 8.78 Å². The van der Waals surface area contributed by atoms with E-state index in [4.69, 9.17) is 11.6 Å². The van der Waals surface area contributed by atoms with Gasteiger partial charge in [0.1, 0.15) is 5.52 Å². The lowest BCUT2D eigenvalue weighted by molar-refractivity contribution is 0.140. The van der Waals surface area contributed by atoms with E-state index in [1.807, 2.05) is 4.57 Å². The van der Waals surface area contributed by atoms with Crippen LogP contribution in [0.3, 0.4) is 0 Å². The molecule has 1 aliphatic carbocycles. The smallest absolute Gasteiger partial charge is 0.297 e. The number of fused-ring (bicyclic) bond motifs is 1. The molecule has 4 nitrogen and oxygen atoms in total. The lowest BCUT2D eigenvalue weighted by Gasteiger charge is -2.03. The Hall–Kier alpha value is -1.30. The quantitative estimate of drug-likeness (QED) is 0.763. The molecule has 2 heterocycles. The molecule has 1 aliphatic rings. The third kappa shape index (κ3) is 1.44. The number of hydrogen-bond acceptors (Lipinski definition) is 3. The summed E-state index contributed by atoms with van der Waals surface area (Å²) in [5, 5.41) is 0.0460. The van der Waals surface area contributed by atoms with Gasteiger partial charge in [0, 0.05) is 6.04 Å². The van der Waals surface area contributed by atoms with Gasteiger partial charge in [-0.05, 0) is 12.8 Å². The minimum absolute atomic E-state index is 0.0460. The fourth-order valence-electron chi connectivity index (χ4n) is 1.65. The molecule has 84 valence electrons. The summed E-state index contributed by atoms with van der Waals surface area (Å²) in [5.41, 5.74) is 0.788. The van der Waals surface area contributed by atoms with Crippen molar-refractivity contribution in [2.24, 2.45) is 0 Å². The zero-order valence-electron chi connectivity index (χ0n) is 8.07. The molecular weight excluding hydrogens is 238 g/mol.